The topological polar surface area (TPSA) is 78.5 Å². The molecule has 0 aromatic heterocycles. The van der Waals surface area contributed by atoms with E-state index >= 15 is 0 Å². The van der Waals surface area contributed by atoms with E-state index in [1.807, 2.05) is 11.8 Å². The molecule has 2 atom stereocenters. The van der Waals surface area contributed by atoms with E-state index in [1.165, 1.54) is 0 Å². The summed E-state index contributed by atoms with van der Waals surface area (Å²) in [5, 5.41) is 2.44. The van der Waals surface area contributed by atoms with Gasteiger partial charge in [0.2, 0.25) is 15.9 Å². The smallest absolute Gasteiger partial charge is 0.241 e. The van der Waals surface area contributed by atoms with Crippen LogP contribution in [-0.4, -0.2) is 44.9 Å². The van der Waals surface area contributed by atoms with Crippen molar-refractivity contribution in [1.82, 2.24) is 9.62 Å². The number of hydrogen-bond donors (Lipinski definition) is 2. The molecule has 168 valence electrons. The molecule has 0 aliphatic carbocycles. The van der Waals surface area contributed by atoms with Crippen LogP contribution in [0.3, 0.4) is 0 Å². The van der Waals surface area contributed by atoms with Gasteiger partial charge in [-0.1, -0.05) is 17.7 Å². The van der Waals surface area contributed by atoms with Crippen LogP contribution in [0, 0.1) is 24.5 Å². The minimum atomic E-state index is -3.61. The fraction of sp³-hybridized carbons (Fsp3) is 0.409. The Kier molecular flexibility index (Phi) is 7.40. The molecule has 2 aromatic carbocycles. The number of nitrogens with zero attached hydrogens (tertiary/aromatic N) is 1. The molecule has 1 saturated heterocycles. The second kappa shape index (κ2) is 9.84. The zero-order valence-corrected chi connectivity index (χ0v) is 18.4. The van der Waals surface area contributed by atoms with Crippen LogP contribution >= 0.6 is 0 Å². The van der Waals surface area contributed by atoms with E-state index in [0.717, 1.165) is 36.6 Å². The standard InChI is InChI=1S/C22H27F2N3O3S/c1-15-5-8-19(9-6-15)31(29,30)25-13-17-4-3-11-27(14-17)16(2)22(28)26-21-12-18(23)7-10-20(21)24/h5-10,12,16-17,25H,3-4,11,13-14H2,1-2H3,(H,26,28). The van der Waals surface area contributed by atoms with Crippen molar-refractivity contribution in [2.24, 2.45) is 5.92 Å². The number of likely N-dealkylation sites (tertiary alicyclic amines) is 1. The molecule has 2 N–H and O–H groups in total. The van der Waals surface area contributed by atoms with Gasteiger partial charge in [0.05, 0.1) is 16.6 Å². The van der Waals surface area contributed by atoms with Gasteiger partial charge in [-0.15, -0.1) is 0 Å². The summed E-state index contributed by atoms with van der Waals surface area (Å²) in [4.78, 5) is 14.7. The molecule has 1 amide bonds. The van der Waals surface area contributed by atoms with Crippen molar-refractivity contribution in [1.29, 1.82) is 0 Å². The van der Waals surface area contributed by atoms with Crippen molar-refractivity contribution in [3.05, 3.63) is 59.7 Å². The summed E-state index contributed by atoms with van der Waals surface area (Å²) in [6.07, 6.45) is 1.64. The van der Waals surface area contributed by atoms with Crippen LogP contribution in [0.1, 0.15) is 25.3 Å². The second-order valence-electron chi connectivity index (χ2n) is 7.96. The van der Waals surface area contributed by atoms with Crippen LogP contribution in [0.5, 0.6) is 0 Å². The van der Waals surface area contributed by atoms with Crippen LogP contribution in [0.2, 0.25) is 0 Å². The molecule has 0 radical (unpaired) electrons. The number of carbonyl (C=O) groups excluding carboxylic acids is 1. The Bertz CT molecular complexity index is 1030. The number of halogens is 2. The molecule has 0 spiro atoms. The number of amides is 1. The van der Waals surface area contributed by atoms with Crippen LogP contribution in [0.25, 0.3) is 0 Å². The van der Waals surface area contributed by atoms with Crippen molar-refractivity contribution < 1.29 is 22.0 Å². The van der Waals surface area contributed by atoms with Gasteiger partial charge in [-0.2, -0.15) is 0 Å². The van der Waals surface area contributed by atoms with Crippen LogP contribution in [-0.2, 0) is 14.8 Å². The number of aryl methyl sites for hydroxylation is 1. The molecule has 2 aromatic rings. The monoisotopic (exact) mass is 451 g/mol. The quantitative estimate of drug-likeness (QED) is 0.677. The highest BCUT2D eigenvalue weighted by Gasteiger charge is 2.28. The van der Waals surface area contributed by atoms with Crippen LogP contribution in [0.4, 0.5) is 14.5 Å². The Hall–Kier alpha value is -2.36. The minimum absolute atomic E-state index is 0.0372. The molecule has 2 unspecified atom stereocenters. The lowest BCUT2D eigenvalue weighted by Crippen LogP contribution is -2.49. The number of carbonyl (C=O) groups is 1. The molecule has 1 aliphatic heterocycles. The fourth-order valence-electron chi connectivity index (χ4n) is 3.64. The summed E-state index contributed by atoms with van der Waals surface area (Å²) in [5.74, 6) is -1.74. The Morgan fingerprint density at radius 1 is 1.19 bits per heavy atom. The summed E-state index contributed by atoms with van der Waals surface area (Å²) in [7, 11) is -3.61. The first kappa shape index (κ1) is 23.3. The predicted molar refractivity (Wildman–Crippen MR) is 115 cm³/mol. The van der Waals surface area contributed by atoms with Crippen molar-refractivity contribution in [3.8, 4) is 0 Å². The average molecular weight is 452 g/mol. The number of hydrogen-bond acceptors (Lipinski definition) is 4. The first-order chi connectivity index (χ1) is 14.7. The maximum atomic E-state index is 13.8. The van der Waals surface area contributed by atoms with Crippen LogP contribution in [0.15, 0.2) is 47.4 Å². The summed E-state index contributed by atoms with van der Waals surface area (Å²) in [6, 6.07) is 8.97. The Morgan fingerprint density at radius 3 is 2.61 bits per heavy atom. The molecule has 0 saturated carbocycles. The van der Waals surface area contributed by atoms with E-state index in [1.54, 1.807) is 31.2 Å². The van der Waals surface area contributed by atoms with Crippen LogP contribution < -0.4 is 10.0 Å². The maximum Gasteiger partial charge on any atom is 0.241 e. The first-order valence-corrected chi connectivity index (χ1v) is 11.7. The van der Waals surface area contributed by atoms with E-state index in [0.29, 0.717) is 13.1 Å². The van der Waals surface area contributed by atoms with E-state index in [2.05, 4.69) is 10.0 Å². The van der Waals surface area contributed by atoms with Crippen molar-refractivity contribution in [2.75, 3.05) is 25.0 Å². The molecule has 9 heteroatoms. The van der Waals surface area contributed by atoms with E-state index in [9.17, 15) is 22.0 Å². The summed E-state index contributed by atoms with van der Waals surface area (Å²) >= 11 is 0. The van der Waals surface area contributed by atoms with Gasteiger partial charge in [-0.3, -0.25) is 9.69 Å². The number of nitrogens with one attached hydrogen (secondary N) is 2. The zero-order chi connectivity index (χ0) is 22.6. The van der Waals surface area contributed by atoms with E-state index in [-0.39, 0.29) is 23.0 Å². The lowest BCUT2D eigenvalue weighted by molar-refractivity contribution is -0.121. The molecule has 1 fully saturated rings. The van der Waals surface area contributed by atoms with Gasteiger partial charge in [0.25, 0.3) is 0 Å². The summed E-state index contributed by atoms with van der Waals surface area (Å²) in [5.41, 5.74) is 0.781. The van der Waals surface area contributed by atoms with Crippen molar-refractivity contribution >= 4 is 21.6 Å². The highest BCUT2D eigenvalue weighted by molar-refractivity contribution is 7.89. The highest BCUT2D eigenvalue weighted by Crippen LogP contribution is 2.21. The summed E-state index contributed by atoms with van der Waals surface area (Å²) in [6.45, 7) is 5.05. The number of rotatable bonds is 7. The lowest BCUT2D eigenvalue weighted by Gasteiger charge is -2.36. The van der Waals surface area contributed by atoms with Gasteiger partial charge in [0.1, 0.15) is 11.6 Å². The van der Waals surface area contributed by atoms with Gasteiger partial charge in [-0.25, -0.2) is 21.9 Å². The molecule has 0 bridgehead atoms. The third kappa shape index (κ3) is 6.09. The average Bonchev–Trinajstić information content (AvgIpc) is 2.75. The highest BCUT2D eigenvalue weighted by atomic mass is 32.2. The maximum absolute atomic E-state index is 13.8. The van der Waals surface area contributed by atoms with E-state index < -0.39 is 33.6 Å². The van der Waals surface area contributed by atoms with Crippen molar-refractivity contribution in [2.45, 2.75) is 37.6 Å². The number of anilines is 1. The second-order valence-corrected chi connectivity index (χ2v) is 9.72. The molecular formula is C22H27F2N3O3S. The Morgan fingerprint density at radius 2 is 1.90 bits per heavy atom. The lowest BCUT2D eigenvalue weighted by atomic mass is 9.97. The molecule has 3 rings (SSSR count). The van der Waals surface area contributed by atoms with Gasteiger partial charge in [0.15, 0.2) is 0 Å². The Balaban J connectivity index is 1.57. The summed E-state index contributed by atoms with van der Waals surface area (Å²) < 4.78 is 54.9. The molecule has 31 heavy (non-hydrogen) atoms. The number of sulfonamides is 1. The third-order valence-corrected chi connectivity index (χ3v) is 7.00. The molecule has 6 nitrogen and oxygen atoms in total. The van der Waals surface area contributed by atoms with E-state index in [4.69, 9.17) is 0 Å². The van der Waals surface area contributed by atoms with Gasteiger partial charge >= 0.3 is 0 Å². The van der Waals surface area contributed by atoms with Gasteiger partial charge in [-0.05, 0) is 63.4 Å². The molecule has 1 heterocycles. The largest absolute Gasteiger partial charge is 0.322 e. The molecular weight excluding hydrogens is 424 g/mol. The van der Waals surface area contributed by atoms with Crippen molar-refractivity contribution in [3.63, 3.8) is 0 Å². The van der Waals surface area contributed by atoms with Gasteiger partial charge in [0, 0.05) is 19.2 Å². The first-order valence-electron chi connectivity index (χ1n) is 10.2. The Labute approximate surface area is 181 Å². The third-order valence-electron chi connectivity index (χ3n) is 5.56. The normalized spacial score (nSPS) is 18.5. The van der Waals surface area contributed by atoms with Gasteiger partial charge < -0.3 is 5.32 Å². The number of piperidine rings is 1. The SMILES string of the molecule is Cc1ccc(S(=O)(=O)NCC2CCCN(C(C)C(=O)Nc3cc(F)ccc3F)C2)cc1. The zero-order valence-electron chi connectivity index (χ0n) is 17.6. The molecule has 1 aliphatic rings. The fourth-order valence-corrected chi connectivity index (χ4v) is 4.76. The predicted octanol–water partition coefficient (Wildman–Crippen LogP) is 3.29. The number of benzene rings is 2. The minimum Gasteiger partial charge on any atom is -0.322 e.